The van der Waals surface area contributed by atoms with Crippen LogP contribution in [0.5, 0.6) is 0 Å². The highest BCUT2D eigenvalue weighted by atomic mass is 16.7. The number of carbonyl (C=O) groups excluding carboxylic acids is 1. The SMILES string of the molecule is CCOC(CC(=O)OC)OC. The van der Waals surface area contributed by atoms with Gasteiger partial charge in [0, 0.05) is 13.7 Å². The molecule has 4 nitrogen and oxygen atoms in total. The summed E-state index contributed by atoms with van der Waals surface area (Å²) in [6.45, 7) is 2.36. The third-order valence-corrected chi connectivity index (χ3v) is 1.18. The predicted octanol–water partition coefficient (Wildman–Crippen LogP) is 0.558. The van der Waals surface area contributed by atoms with E-state index in [0.717, 1.165) is 0 Å². The van der Waals surface area contributed by atoms with Crippen molar-refractivity contribution in [2.45, 2.75) is 19.6 Å². The molecule has 0 heterocycles. The maximum Gasteiger partial charge on any atom is 0.310 e. The van der Waals surface area contributed by atoms with Gasteiger partial charge in [-0.2, -0.15) is 0 Å². The minimum absolute atomic E-state index is 0.140. The molecule has 66 valence electrons. The third-order valence-electron chi connectivity index (χ3n) is 1.18. The number of hydrogen-bond donors (Lipinski definition) is 0. The zero-order chi connectivity index (χ0) is 8.69. The summed E-state index contributed by atoms with van der Waals surface area (Å²) in [5, 5.41) is 0. The van der Waals surface area contributed by atoms with Crippen LogP contribution in [0.25, 0.3) is 0 Å². The number of carbonyl (C=O) groups is 1. The minimum atomic E-state index is -0.479. The van der Waals surface area contributed by atoms with Gasteiger partial charge in [0.1, 0.15) is 0 Å². The quantitative estimate of drug-likeness (QED) is 0.437. The fourth-order valence-electron chi connectivity index (χ4n) is 0.616. The first-order chi connectivity index (χ1) is 5.24. The lowest BCUT2D eigenvalue weighted by atomic mass is 10.4. The zero-order valence-electron chi connectivity index (χ0n) is 7.12. The summed E-state index contributed by atoms with van der Waals surface area (Å²) < 4.78 is 14.3. The fourth-order valence-corrected chi connectivity index (χ4v) is 0.616. The molecule has 0 fully saturated rings. The van der Waals surface area contributed by atoms with Crippen molar-refractivity contribution in [1.29, 1.82) is 0 Å². The maximum atomic E-state index is 10.7. The van der Waals surface area contributed by atoms with Crippen molar-refractivity contribution >= 4 is 5.97 Å². The van der Waals surface area contributed by atoms with Crippen LogP contribution in [0.4, 0.5) is 0 Å². The van der Waals surface area contributed by atoms with E-state index < -0.39 is 6.29 Å². The van der Waals surface area contributed by atoms with Gasteiger partial charge in [-0.05, 0) is 6.92 Å². The van der Waals surface area contributed by atoms with Crippen molar-refractivity contribution < 1.29 is 19.0 Å². The van der Waals surface area contributed by atoms with E-state index in [9.17, 15) is 4.79 Å². The topological polar surface area (TPSA) is 44.8 Å². The van der Waals surface area contributed by atoms with Crippen LogP contribution in [0.15, 0.2) is 0 Å². The standard InChI is InChI=1S/C7H14O4/c1-4-11-7(10-3)5-6(8)9-2/h7H,4-5H2,1-3H3. The van der Waals surface area contributed by atoms with Gasteiger partial charge in [-0.15, -0.1) is 0 Å². The van der Waals surface area contributed by atoms with Crippen molar-refractivity contribution in [2.24, 2.45) is 0 Å². The van der Waals surface area contributed by atoms with Crippen molar-refractivity contribution in [3.63, 3.8) is 0 Å². The lowest BCUT2D eigenvalue weighted by Crippen LogP contribution is -2.20. The summed E-state index contributed by atoms with van der Waals surface area (Å²) in [7, 11) is 2.82. The van der Waals surface area contributed by atoms with E-state index in [1.807, 2.05) is 6.92 Å². The maximum absolute atomic E-state index is 10.7. The highest BCUT2D eigenvalue weighted by Crippen LogP contribution is 1.99. The number of hydrogen-bond acceptors (Lipinski definition) is 4. The second-order valence-corrected chi connectivity index (χ2v) is 1.90. The largest absolute Gasteiger partial charge is 0.469 e. The third kappa shape index (κ3) is 4.75. The summed E-state index contributed by atoms with van der Waals surface area (Å²) >= 11 is 0. The van der Waals surface area contributed by atoms with Crippen LogP contribution in [0, 0.1) is 0 Å². The molecular formula is C7H14O4. The first kappa shape index (κ1) is 10.4. The van der Waals surface area contributed by atoms with E-state index in [1.165, 1.54) is 14.2 Å². The molecule has 1 unspecified atom stereocenters. The lowest BCUT2D eigenvalue weighted by molar-refractivity contribution is -0.160. The van der Waals surface area contributed by atoms with E-state index in [2.05, 4.69) is 4.74 Å². The van der Waals surface area contributed by atoms with Crippen molar-refractivity contribution in [1.82, 2.24) is 0 Å². The van der Waals surface area contributed by atoms with E-state index >= 15 is 0 Å². The predicted molar refractivity (Wildman–Crippen MR) is 39.1 cm³/mol. The summed E-state index contributed by atoms with van der Waals surface area (Å²) in [6, 6.07) is 0. The molecule has 11 heavy (non-hydrogen) atoms. The Morgan fingerprint density at radius 1 is 1.45 bits per heavy atom. The Morgan fingerprint density at radius 3 is 2.45 bits per heavy atom. The summed E-state index contributed by atoms with van der Waals surface area (Å²) in [5.41, 5.74) is 0. The van der Waals surface area contributed by atoms with Crippen molar-refractivity contribution in [3.05, 3.63) is 0 Å². The van der Waals surface area contributed by atoms with Gasteiger partial charge in [0.25, 0.3) is 0 Å². The fraction of sp³-hybridized carbons (Fsp3) is 0.857. The molecule has 0 aromatic rings. The minimum Gasteiger partial charge on any atom is -0.469 e. The smallest absolute Gasteiger partial charge is 0.310 e. The average molecular weight is 162 g/mol. The van der Waals surface area contributed by atoms with Gasteiger partial charge in [0.05, 0.1) is 13.5 Å². The van der Waals surface area contributed by atoms with Gasteiger partial charge >= 0.3 is 5.97 Å². The number of esters is 1. The molecule has 0 bridgehead atoms. The average Bonchev–Trinajstić information content (AvgIpc) is 2.03. The first-order valence-electron chi connectivity index (χ1n) is 3.45. The van der Waals surface area contributed by atoms with Crippen molar-refractivity contribution in [2.75, 3.05) is 20.8 Å². The molecule has 0 aliphatic heterocycles. The number of ether oxygens (including phenoxy) is 3. The first-order valence-corrected chi connectivity index (χ1v) is 3.45. The molecule has 0 aliphatic rings. The lowest BCUT2D eigenvalue weighted by Gasteiger charge is -2.12. The Balaban J connectivity index is 3.58. The summed E-state index contributed by atoms with van der Waals surface area (Å²) in [5.74, 6) is -0.328. The van der Waals surface area contributed by atoms with Crippen LogP contribution in [-0.2, 0) is 19.0 Å². The molecule has 0 amide bonds. The Kier molecular flexibility index (Phi) is 5.78. The molecule has 0 saturated heterocycles. The highest BCUT2D eigenvalue weighted by molar-refractivity contribution is 5.69. The number of methoxy groups -OCH3 is 2. The monoisotopic (exact) mass is 162 g/mol. The van der Waals surface area contributed by atoms with Crippen LogP contribution >= 0.6 is 0 Å². The van der Waals surface area contributed by atoms with Crippen LogP contribution in [-0.4, -0.2) is 33.1 Å². The van der Waals surface area contributed by atoms with E-state index in [0.29, 0.717) is 6.61 Å². The van der Waals surface area contributed by atoms with Gasteiger partial charge in [0.2, 0.25) is 0 Å². The summed E-state index contributed by atoms with van der Waals surface area (Å²) in [6.07, 6.45) is -0.339. The molecule has 0 aromatic heterocycles. The van der Waals surface area contributed by atoms with Gasteiger partial charge in [0.15, 0.2) is 6.29 Å². The molecule has 4 heteroatoms. The molecular weight excluding hydrogens is 148 g/mol. The molecule has 0 aliphatic carbocycles. The van der Waals surface area contributed by atoms with Gasteiger partial charge in [-0.1, -0.05) is 0 Å². The Labute approximate surface area is 66.4 Å². The second-order valence-electron chi connectivity index (χ2n) is 1.90. The highest BCUT2D eigenvalue weighted by Gasteiger charge is 2.12. The van der Waals surface area contributed by atoms with Crippen molar-refractivity contribution in [3.8, 4) is 0 Å². The normalized spacial score (nSPS) is 12.6. The molecule has 0 N–H and O–H groups in total. The molecule has 0 spiro atoms. The van der Waals surface area contributed by atoms with Crippen LogP contribution in [0.2, 0.25) is 0 Å². The molecule has 0 saturated carbocycles. The van der Waals surface area contributed by atoms with Gasteiger partial charge in [-0.3, -0.25) is 4.79 Å². The van der Waals surface area contributed by atoms with Gasteiger partial charge in [-0.25, -0.2) is 0 Å². The van der Waals surface area contributed by atoms with Crippen LogP contribution in [0.3, 0.4) is 0 Å². The Hall–Kier alpha value is -0.610. The van der Waals surface area contributed by atoms with E-state index in [1.54, 1.807) is 0 Å². The zero-order valence-corrected chi connectivity index (χ0v) is 7.12. The van der Waals surface area contributed by atoms with Gasteiger partial charge < -0.3 is 14.2 Å². The van der Waals surface area contributed by atoms with E-state index in [-0.39, 0.29) is 12.4 Å². The Bertz CT molecular complexity index is 113. The van der Waals surface area contributed by atoms with E-state index in [4.69, 9.17) is 9.47 Å². The molecule has 0 radical (unpaired) electrons. The molecule has 0 rings (SSSR count). The van der Waals surface area contributed by atoms with Crippen LogP contribution in [0.1, 0.15) is 13.3 Å². The summed E-state index contributed by atoms with van der Waals surface area (Å²) in [4.78, 5) is 10.7. The number of rotatable bonds is 5. The van der Waals surface area contributed by atoms with Crippen LogP contribution < -0.4 is 0 Å². The molecule has 1 atom stereocenters. The second kappa shape index (κ2) is 6.12. The Morgan fingerprint density at radius 2 is 2.09 bits per heavy atom. The molecule has 0 aromatic carbocycles.